The van der Waals surface area contributed by atoms with Crippen molar-refractivity contribution in [3.63, 3.8) is 0 Å². The van der Waals surface area contributed by atoms with Gasteiger partial charge in [0, 0.05) is 30.7 Å². The smallest absolute Gasteiger partial charge is 0.272 e. The number of amides is 2. The summed E-state index contributed by atoms with van der Waals surface area (Å²) in [4.78, 5) is 35.4. The van der Waals surface area contributed by atoms with Crippen molar-refractivity contribution in [3.05, 3.63) is 65.5 Å². The van der Waals surface area contributed by atoms with Crippen LogP contribution in [0.2, 0.25) is 0 Å². The van der Waals surface area contributed by atoms with Crippen LogP contribution >= 0.6 is 0 Å². The second kappa shape index (κ2) is 7.94. The Morgan fingerprint density at radius 1 is 1.23 bits per heavy atom. The molecule has 0 saturated carbocycles. The highest BCUT2D eigenvalue weighted by Crippen LogP contribution is 2.29. The van der Waals surface area contributed by atoms with Crippen molar-refractivity contribution in [2.45, 2.75) is 26.4 Å². The molecule has 1 N–H and O–H groups in total. The van der Waals surface area contributed by atoms with Crippen molar-refractivity contribution < 1.29 is 14.3 Å². The lowest BCUT2D eigenvalue weighted by atomic mass is 10.2. The molecule has 2 aromatic heterocycles. The summed E-state index contributed by atoms with van der Waals surface area (Å²) in [6, 6.07) is 8.14. The summed E-state index contributed by atoms with van der Waals surface area (Å²) < 4.78 is 7.44. The lowest BCUT2D eigenvalue weighted by molar-refractivity contribution is -0.120. The Morgan fingerprint density at radius 2 is 1.97 bits per heavy atom. The molecule has 3 aromatic rings. The third-order valence-electron chi connectivity index (χ3n) is 4.95. The first-order chi connectivity index (χ1) is 14.4. The molecule has 0 unspecified atom stereocenters. The maximum absolute atomic E-state index is 12.8. The van der Waals surface area contributed by atoms with Crippen LogP contribution in [0.25, 0.3) is 0 Å². The number of benzene rings is 1. The van der Waals surface area contributed by atoms with Crippen LogP contribution in [0.15, 0.2) is 42.7 Å². The molecule has 0 saturated heterocycles. The van der Waals surface area contributed by atoms with Crippen LogP contribution in [0.3, 0.4) is 0 Å². The van der Waals surface area contributed by atoms with Crippen LogP contribution in [0, 0.1) is 13.8 Å². The van der Waals surface area contributed by atoms with Crippen LogP contribution in [0.1, 0.15) is 27.6 Å². The highest BCUT2D eigenvalue weighted by molar-refractivity contribution is 6.02. The standard InChI is InChI=1S/C21H22N6O3/c1-13-8-16(25-27(13)11-15-9-22-14(2)23-10-15)20(28)24-17-12-30-19-7-5-4-6-18(19)26(3)21(17)29/h4-10,17H,11-12H2,1-3H3,(H,24,28)/t17-/m0/s1. The fourth-order valence-corrected chi connectivity index (χ4v) is 3.24. The van der Waals surface area contributed by atoms with E-state index in [0.29, 0.717) is 23.8 Å². The number of anilines is 1. The number of hydrogen-bond acceptors (Lipinski definition) is 6. The first kappa shape index (κ1) is 19.6. The average Bonchev–Trinajstić information content (AvgIpc) is 3.06. The van der Waals surface area contributed by atoms with Gasteiger partial charge in [-0.1, -0.05) is 12.1 Å². The van der Waals surface area contributed by atoms with E-state index in [1.807, 2.05) is 26.0 Å². The summed E-state index contributed by atoms with van der Waals surface area (Å²) in [7, 11) is 1.66. The molecular formula is C21H22N6O3. The molecule has 0 bridgehead atoms. The van der Waals surface area contributed by atoms with Crippen molar-refractivity contribution >= 4 is 17.5 Å². The zero-order chi connectivity index (χ0) is 21.3. The predicted octanol–water partition coefficient (Wildman–Crippen LogP) is 1.49. The van der Waals surface area contributed by atoms with Crippen LogP contribution in [-0.2, 0) is 11.3 Å². The Morgan fingerprint density at radius 3 is 2.73 bits per heavy atom. The van der Waals surface area contributed by atoms with Crippen LogP contribution in [0.4, 0.5) is 5.69 Å². The number of carbonyl (C=O) groups excluding carboxylic acids is 2. The highest BCUT2D eigenvalue weighted by atomic mass is 16.5. The quantitative estimate of drug-likeness (QED) is 0.704. The molecule has 0 spiro atoms. The SMILES string of the molecule is Cc1ncc(Cn2nc(C(=O)N[C@H]3COc4ccccc4N(C)C3=O)cc2C)cn1. The number of ether oxygens (including phenoxy) is 1. The van der Waals surface area contributed by atoms with Crippen LogP contribution < -0.4 is 15.0 Å². The maximum Gasteiger partial charge on any atom is 0.272 e. The summed E-state index contributed by atoms with van der Waals surface area (Å²) in [5.74, 6) is 0.614. The van der Waals surface area contributed by atoms with Gasteiger partial charge in [-0.25, -0.2) is 9.97 Å². The molecule has 1 aliphatic rings. The summed E-state index contributed by atoms with van der Waals surface area (Å²) in [6.45, 7) is 4.18. The minimum absolute atomic E-state index is 0.0479. The van der Waals surface area contributed by atoms with Crippen molar-refractivity contribution in [3.8, 4) is 5.75 Å². The molecule has 154 valence electrons. The van der Waals surface area contributed by atoms with E-state index in [-0.39, 0.29) is 18.2 Å². The molecular weight excluding hydrogens is 384 g/mol. The Kier molecular flexibility index (Phi) is 5.18. The fraction of sp³-hybridized carbons (Fsp3) is 0.286. The van der Waals surface area contributed by atoms with Gasteiger partial charge in [0.15, 0.2) is 0 Å². The Hall–Kier alpha value is -3.75. The largest absolute Gasteiger partial charge is 0.489 e. The second-order valence-corrected chi connectivity index (χ2v) is 7.17. The second-order valence-electron chi connectivity index (χ2n) is 7.17. The van der Waals surface area contributed by atoms with Crippen LogP contribution in [-0.4, -0.2) is 51.3 Å². The van der Waals surface area contributed by atoms with Gasteiger partial charge in [-0.05, 0) is 32.0 Å². The van der Waals surface area contributed by atoms with Crippen molar-refractivity contribution in [1.82, 2.24) is 25.1 Å². The molecule has 4 rings (SSSR count). The van der Waals surface area contributed by atoms with Gasteiger partial charge >= 0.3 is 0 Å². The third kappa shape index (κ3) is 3.86. The van der Waals surface area contributed by atoms with E-state index in [1.165, 1.54) is 4.90 Å². The summed E-state index contributed by atoms with van der Waals surface area (Å²) in [6.07, 6.45) is 3.47. The zero-order valence-corrected chi connectivity index (χ0v) is 17.0. The van der Waals surface area contributed by atoms with Crippen LogP contribution in [0.5, 0.6) is 5.75 Å². The van der Waals surface area contributed by atoms with Gasteiger partial charge in [-0.2, -0.15) is 5.10 Å². The molecule has 0 aliphatic carbocycles. The van der Waals surface area contributed by atoms with Crippen molar-refractivity contribution in [2.75, 3.05) is 18.6 Å². The average molecular weight is 406 g/mol. The normalized spacial score (nSPS) is 15.9. The summed E-state index contributed by atoms with van der Waals surface area (Å²) in [5, 5.41) is 7.13. The summed E-state index contributed by atoms with van der Waals surface area (Å²) in [5.41, 5.74) is 2.59. The number of fused-ring (bicyclic) bond motifs is 1. The number of aryl methyl sites for hydroxylation is 2. The Balaban J connectivity index is 1.48. The van der Waals surface area contributed by atoms with Gasteiger partial charge in [0.2, 0.25) is 0 Å². The molecule has 30 heavy (non-hydrogen) atoms. The first-order valence-electron chi connectivity index (χ1n) is 9.54. The number of nitrogens with one attached hydrogen (secondary N) is 1. The van der Waals surface area contributed by atoms with E-state index in [4.69, 9.17) is 4.74 Å². The minimum atomic E-state index is -0.814. The zero-order valence-electron chi connectivity index (χ0n) is 17.0. The van der Waals surface area contributed by atoms with E-state index in [0.717, 1.165) is 11.3 Å². The number of likely N-dealkylation sites (N-methyl/N-ethyl adjacent to an activating group) is 1. The highest BCUT2D eigenvalue weighted by Gasteiger charge is 2.31. The molecule has 2 amide bonds. The maximum atomic E-state index is 12.8. The van der Waals surface area contributed by atoms with Crippen molar-refractivity contribution in [2.24, 2.45) is 0 Å². The van der Waals surface area contributed by atoms with Gasteiger partial charge in [0.1, 0.15) is 29.9 Å². The van der Waals surface area contributed by atoms with E-state index < -0.39 is 11.9 Å². The monoisotopic (exact) mass is 406 g/mol. The molecule has 0 fully saturated rings. The van der Waals surface area contributed by atoms with E-state index >= 15 is 0 Å². The van der Waals surface area contributed by atoms with Gasteiger partial charge in [-0.3, -0.25) is 14.3 Å². The minimum Gasteiger partial charge on any atom is -0.489 e. The van der Waals surface area contributed by atoms with Gasteiger partial charge in [-0.15, -0.1) is 0 Å². The molecule has 1 aromatic carbocycles. The molecule has 1 atom stereocenters. The molecule has 1 aliphatic heterocycles. The lowest BCUT2D eigenvalue weighted by Gasteiger charge is -2.20. The number of para-hydroxylation sites is 2. The first-order valence-corrected chi connectivity index (χ1v) is 9.54. The van der Waals surface area contributed by atoms with Gasteiger partial charge in [0.25, 0.3) is 11.8 Å². The number of hydrogen-bond donors (Lipinski definition) is 1. The topological polar surface area (TPSA) is 102 Å². The third-order valence-corrected chi connectivity index (χ3v) is 4.95. The van der Waals surface area contributed by atoms with E-state index in [1.54, 1.807) is 42.3 Å². The number of carbonyl (C=O) groups is 2. The summed E-state index contributed by atoms with van der Waals surface area (Å²) >= 11 is 0. The number of aromatic nitrogens is 4. The van der Waals surface area contributed by atoms with Gasteiger partial charge < -0.3 is 15.0 Å². The lowest BCUT2D eigenvalue weighted by Crippen LogP contribution is -2.49. The molecule has 9 heteroatoms. The van der Waals surface area contributed by atoms with E-state index in [2.05, 4.69) is 20.4 Å². The van der Waals surface area contributed by atoms with Gasteiger partial charge in [0.05, 0.1) is 12.2 Å². The predicted molar refractivity (Wildman–Crippen MR) is 109 cm³/mol. The Bertz CT molecular complexity index is 1090. The fourth-order valence-electron chi connectivity index (χ4n) is 3.24. The Labute approximate surface area is 173 Å². The number of nitrogens with zero attached hydrogens (tertiary/aromatic N) is 5. The van der Waals surface area contributed by atoms with Crippen molar-refractivity contribution in [1.29, 1.82) is 0 Å². The molecule has 9 nitrogen and oxygen atoms in total. The number of rotatable bonds is 4. The molecule has 3 heterocycles. The molecule has 0 radical (unpaired) electrons. The van der Waals surface area contributed by atoms with E-state index in [9.17, 15) is 9.59 Å².